The second kappa shape index (κ2) is 14.5. The Morgan fingerprint density at radius 3 is 2.26 bits per heavy atom. The van der Waals surface area contributed by atoms with Gasteiger partial charge >= 0.3 is 12.1 Å². The van der Waals surface area contributed by atoms with Gasteiger partial charge in [-0.3, -0.25) is 5.32 Å². The number of aromatic nitrogens is 1. The van der Waals surface area contributed by atoms with Gasteiger partial charge in [-0.1, -0.05) is 56.9 Å². The third kappa shape index (κ3) is 9.87. The monoisotopic (exact) mass is 550 g/mol. The van der Waals surface area contributed by atoms with Crippen LogP contribution >= 0.6 is 11.3 Å². The molecule has 1 aromatic heterocycles. The van der Waals surface area contributed by atoms with Crippen LogP contribution in [0, 0.1) is 0 Å². The fourth-order valence-corrected chi connectivity index (χ4v) is 4.64. The van der Waals surface area contributed by atoms with E-state index in [2.05, 4.69) is 29.4 Å². The van der Waals surface area contributed by atoms with E-state index in [-0.39, 0.29) is 5.70 Å². The number of thiazole rings is 1. The molecule has 0 saturated carbocycles. The van der Waals surface area contributed by atoms with Crippen LogP contribution in [0.5, 0.6) is 5.75 Å². The first kappa shape index (κ1) is 29.9. The summed E-state index contributed by atoms with van der Waals surface area (Å²) < 4.78 is 15.9. The lowest BCUT2D eigenvalue weighted by molar-refractivity contribution is -0.136. The van der Waals surface area contributed by atoms with Gasteiger partial charge in [-0.05, 0) is 68.7 Å². The standard InChI is InChI=1S/C31H38N2O5S/c1-6-7-8-9-10-19-37-25-17-15-23(16-18-25)27-21-32-28(39-27)24-13-11-22(12-14-24)20-26(29(34)36-5)33-30(35)38-31(2,3)4/h11-18,20-21H,6-10,19H2,1-5H3,(H,33,35). The van der Waals surface area contributed by atoms with Crippen LogP contribution in [0.2, 0.25) is 0 Å². The molecule has 7 nitrogen and oxygen atoms in total. The maximum absolute atomic E-state index is 12.2. The molecule has 0 unspecified atom stereocenters. The maximum atomic E-state index is 12.2. The van der Waals surface area contributed by atoms with Crippen LogP contribution < -0.4 is 10.1 Å². The smallest absolute Gasteiger partial charge is 0.412 e. The van der Waals surface area contributed by atoms with Gasteiger partial charge in [0.25, 0.3) is 0 Å². The van der Waals surface area contributed by atoms with E-state index in [1.54, 1.807) is 38.2 Å². The molecule has 3 aromatic rings. The SMILES string of the molecule is CCCCCCCOc1ccc(-c2cnc(-c3ccc(C=C(NC(=O)OC(C)(C)C)C(=O)OC)cc3)s2)cc1. The summed E-state index contributed by atoms with van der Waals surface area (Å²) in [5.74, 6) is 0.216. The number of carbonyl (C=O) groups excluding carboxylic acids is 2. The lowest BCUT2D eigenvalue weighted by atomic mass is 10.1. The zero-order valence-corrected chi connectivity index (χ0v) is 24.2. The highest BCUT2D eigenvalue weighted by Gasteiger charge is 2.20. The van der Waals surface area contributed by atoms with E-state index >= 15 is 0 Å². The third-order valence-electron chi connectivity index (χ3n) is 5.67. The molecule has 208 valence electrons. The molecule has 0 atom stereocenters. The van der Waals surface area contributed by atoms with Crippen molar-refractivity contribution in [3.8, 4) is 26.8 Å². The molecule has 0 aliphatic heterocycles. The van der Waals surface area contributed by atoms with Crippen molar-refractivity contribution in [2.75, 3.05) is 13.7 Å². The molecule has 1 amide bonds. The third-order valence-corrected chi connectivity index (χ3v) is 6.77. The average Bonchev–Trinajstić information content (AvgIpc) is 3.40. The minimum absolute atomic E-state index is 0.0139. The van der Waals surface area contributed by atoms with Gasteiger partial charge in [0.1, 0.15) is 22.1 Å². The van der Waals surface area contributed by atoms with Crippen LogP contribution in [0.25, 0.3) is 27.1 Å². The lowest BCUT2D eigenvalue weighted by Gasteiger charge is -2.20. The number of amides is 1. The molecule has 0 aliphatic rings. The summed E-state index contributed by atoms with van der Waals surface area (Å²) >= 11 is 1.60. The Balaban J connectivity index is 1.63. The van der Waals surface area contributed by atoms with Crippen LogP contribution in [0.15, 0.2) is 60.4 Å². The van der Waals surface area contributed by atoms with Crippen molar-refractivity contribution in [3.63, 3.8) is 0 Å². The van der Waals surface area contributed by atoms with Crippen LogP contribution in [0.1, 0.15) is 65.4 Å². The first-order valence-electron chi connectivity index (χ1n) is 13.3. The average molecular weight is 551 g/mol. The normalized spacial score (nSPS) is 11.7. The number of esters is 1. The minimum Gasteiger partial charge on any atom is -0.494 e. The van der Waals surface area contributed by atoms with Crippen molar-refractivity contribution >= 4 is 29.5 Å². The minimum atomic E-state index is -0.729. The van der Waals surface area contributed by atoms with Crippen molar-refractivity contribution in [1.29, 1.82) is 0 Å². The molecule has 0 fully saturated rings. The number of nitrogens with one attached hydrogen (secondary N) is 1. The van der Waals surface area contributed by atoms with Gasteiger partial charge in [0.15, 0.2) is 0 Å². The Hall–Kier alpha value is -3.65. The van der Waals surface area contributed by atoms with Crippen LogP contribution in [-0.4, -0.2) is 36.4 Å². The van der Waals surface area contributed by atoms with Gasteiger partial charge in [0.05, 0.1) is 18.6 Å². The van der Waals surface area contributed by atoms with Crippen LogP contribution in [-0.2, 0) is 14.3 Å². The van der Waals surface area contributed by atoms with E-state index in [1.807, 2.05) is 42.6 Å². The fraction of sp³-hybridized carbons (Fsp3) is 0.387. The summed E-state index contributed by atoms with van der Waals surface area (Å²) in [4.78, 5) is 30.0. The largest absolute Gasteiger partial charge is 0.494 e. The summed E-state index contributed by atoms with van der Waals surface area (Å²) in [7, 11) is 1.26. The Kier molecular flexibility index (Phi) is 11.1. The fourth-order valence-electron chi connectivity index (χ4n) is 3.71. The molecular weight excluding hydrogens is 512 g/mol. The molecule has 2 aromatic carbocycles. The highest BCUT2D eigenvalue weighted by molar-refractivity contribution is 7.18. The van der Waals surface area contributed by atoms with E-state index in [0.717, 1.165) is 39.8 Å². The molecule has 0 aliphatic carbocycles. The van der Waals surface area contributed by atoms with E-state index in [1.165, 1.54) is 32.8 Å². The van der Waals surface area contributed by atoms with Gasteiger partial charge in [-0.15, -0.1) is 11.3 Å². The Morgan fingerprint density at radius 2 is 1.62 bits per heavy atom. The van der Waals surface area contributed by atoms with Crippen LogP contribution in [0.3, 0.4) is 0 Å². The second-order valence-corrected chi connectivity index (χ2v) is 11.1. The number of benzene rings is 2. The first-order chi connectivity index (χ1) is 18.7. The molecule has 39 heavy (non-hydrogen) atoms. The summed E-state index contributed by atoms with van der Waals surface area (Å²) in [5, 5.41) is 3.35. The lowest BCUT2D eigenvalue weighted by Crippen LogP contribution is -2.34. The van der Waals surface area contributed by atoms with E-state index in [0.29, 0.717) is 5.56 Å². The number of hydrogen-bond donors (Lipinski definition) is 1. The first-order valence-corrected chi connectivity index (χ1v) is 14.1. The van der Waals surface area contributed by atoms with Gasteiger partial charge in [-0.2, -0.15) is 0 Å². The Morgan fingerprint density at radius 1 is 0.949 bits per heavy atom. The molecule has 0 saturated heterocycles. The predicted molar refractivity (Wildman–Crippen MR) is 157 cm³/mol. The number of methoxy groups -OCH3 is 1. The van der Waals surface area contributed by atoms with Gasteiger partial charge in [-0.25, -0.2) is 14.6 Å². The van der Waals surface area contributed by atoms with E-state index in [4.69, 9.17) is 14.2 Å². The van der Waals surface area contributed by atoms with Crippen molar-refractivity contribution in [1.82, 2.24) is 10.3 Å². The number of ether oxygens (including phenoxy) is 3. The molecule has 3 rings (SSSR count). The highest BCUT2D eigenvalue weighted by atomic mass is 32.1. The summed E-state index contributed by atoms with van der Waals surface area (Å²) in [6.07, 6.45) is 8.78. The summed E-state index contributed by atoms with van der Waals surface area (Å²) in [5.41, 5.74) is 2.05. The van der Waals surface area contributed by atoms with Gasteiger partial charge in [0, 0.05) is 11.8 Å². The number of carbonyl (C=O) groups is 2. The molecule has 8 heteroatoms. The number of nitrogens with zero attached hydrogens (tertiary/aromatic N) is 1. The molecule has 0 bridgehead atoms. The summed E-state index contributed by atoms with van der Waals surface area (Å²) in [6, 6.07) is 15.7. The summed E-state index contributed by atoms with van der Waals surface area (Å²) in [6.45, 7) is 8.21. The number of unbranched alkanes of at least 4 members (excludes halogenated alkanes) is 4. The molecule has 1 heterocycles. The van der Waals surface area contributed by atoms with Crippen molar-refractivity contribution in [2.45, 2.75) is 65.4 Å². The van der Waals surface area contributed by atoms with E-state index in [9.17, 15) is 9.59 Å². The Bertz CT molecular complexity index is 1240. The van der Waals surface area contributed by atoms with Gasteiger partial charge < -0.3 is 14.2 Å². The zero-order valence-electron chi connectivity index (χ0n) is 23.4. The molecule has 0 spiro atoms. The van der Waals surface area contributed by atoms with Gasteiger partial charge in [0.2, 0.25) is 0 Å². The number of hydrogen-bond acceptors (Lipinski definition) is 7. The van der Waals surface area contributed by atoms with E-state index < -0.39 is 17.7 Å². The number of rotatable bonds is 12. The molecular formula is C31H38N2O5S. The Labute approximate surface area is 235 Å². The van der Waals surface area contributed by atoms with Crippen molar-refractivity contribution < 1.29 is 23.8 Å². The predicted octanol–water partition coefficient (Wildman–Crippen LogP) is 7.86. The van der Waals surface area contributed by atoms with Crippen molar-refractivity contribution in [3.05, 3.63) is 66.0 Å². The second-order valence-electron chi connectivity index (χ2n) is 10.1. The molecule has 1 N–H and O–H groups in total. The highest BCUT2D eigenvalue weighted by Crippen LogP contribution is 2.33. The number of alkyl carbamates (subject to hydrolysis) is 1. The zero-order chi connectivity index (χ0) is 28.3. The maximum Gasteiger partial charge on any atom is 0.412 e. The quantitative estimate of drug-likeness (QED) is 0.140. The van der Waals surface area contributed by atoms with Crippen molar-refractivity contribution in [2.24, 2.45) is 0 Å². The topological polar surface area (TPSA) is 86.8 Å². The molecule has 0 radical (unpaired) electrons. The van der Waals surface area contributed by atoms with Crippen LogP contribution in [0.4, 0.5) is 4.79 Å².